The zero-order chi connectivity index (χ0) is 23.8. The number of hydrogen-bond donors (Lipinski definition) is 0. The molecular formula is C25H26N4O5S. The summed E-state index contributed by atoms with van der Waals surface area (Å²) in [5.74, 6) is 3.98. The van der Waals surface area contributed by atoms with Gasteiger partial charge in [0.2, 0.25) is 5.91 Å². The standard InChI is InChI=1S/C25H26N4O5S/c1-28-24(22-14-33-18-6-2-3-7-20(18)34-22)26-27-25(28)35-15-23(30)29-10-4-5-17(29)16-8-9-19-21(13-16)32-12-11-31-19/h2-3,6-9,13,17,22H,4-5,10-12,14-15H2,1H3. The van der Waals surface area contributed by atoms with E-state index in [-0.39, 0.29) is 23.8 Å². The van der Waals surface area contributed by atoms with E-state index in [4.69, 9.17) is 18.9 Å². The summed E-state index contributed by atoms with van der Waals surface area (Å²) in [6, 6.07) is 13.6. The lowest BCUT2D eigenvalue weighted by atomic mass is 10.0. The molecule has 1 fully saturated rings. The lowest BCUT2D eigenvalue weighted by Gasteiger charge is -2.27. The van der Waals surface area contributed by atoms with E-state index in [9.17, 15) is 4.79 Å². The van der Waals surface area contributed by atoms with Crippen LogP contribution in [0.3, 0.4) is 0 Å². The van der Waals surface area contributed by atoms with Crippen LogP contribution < -0.4 is 18.9 Å². The smallest absolute Gasteiger partial charge is 0.233 e. The Morgan fingerprint density at radius 2 is 1.83 bits per heavy atom. The van der Waals surface area contributed by atoms with Crippen LogP contribution in [0.2, 0.25) is 0 Å². The van der Waals surface area contributed by atoms with Gasteiger partial charge in [0.25, 0.3) is 0 Å². The second kappa shape index (κ2) is 9.33. The fourth-order valence-electron chi connectivity index (χ4n) is 4.77. The number of fused-ring (bicyclic) bond motifs is 2. The van der Waals surface area contributed by atoms with E-state index in [2.05, 4.69) is 10.2 Å². The zero-order valence-electron chi connectivity index (χ0n) is 19.4. The number of carbonyl (C=O) groups excluding carboxylic acids is 1. The topological polar surface area (TPSA) is 87.9 Å². The maximum Gasteiger partial charge on any atom is 0.233 e. The molecule has 1 saturated heterocycles. The largest absolute Gasteiger partial charge is 0.486 e. The van der Waals surface area contributed by atoms with Crippen molar-refractivity contribution in [2.45, 2.75) is 30.1 Å². The van der Waals surface area contributed by atoms with Gasteiger partial charge >= 0.3 is 0 Å². The molecule has 2 aromatic carbocycles. The van der Waals surface area contributed by atoms with E-state index in [0.717, 1.165) is 42.2 Å². The van der Waals surface area contributed by atoms with E-state index < -0.39 is 0 Å². The number of hydrogen-bond acceptors (Lipinski definition) is 8. The molecule has 35 heavy (non-hydrogen) atoms. The lowest BCUT2D eigenvalue weighted by Crippen LogP contribution is -2.32. The van der Waals surface area contributed by atoms with Crippen LogP contribution >= 0.6 is 11.8 Å². The molecule has 10 heteroatoms. The van der Waals surface area contributed by atoms with Crippen LogP contribution in [-0.4, -0.2) is 57.7 Å². The highest BCUT2D eigenvalue weighted by Crippen LogP contribution is 2.39. The van der Waals surface area contributed by atoms with Crippen LogP contribution in [-0.2, 0) is 11.8 Å². The minimum Gasteiger partial charge on any atom is -0.486 e. The fraction of sp³-hybridized carbons (Fsp3) is 0.400. The molecule has 1 aromatic heterocycles. The highest BCUT2D eigenvalue weighted by Gasteiger charge is 2.32. The quantitative estimate of drug-likeness (QED) is 0.498. The van der Waals surface area contributed by atoms with Crippen molar-refractivity contribution in [2.75, 3.05) is 32.1 Å². The van der Waals surface area contributed by atoms with Gasteiger partial charge in [0.05, 0.1) is 11.8 Å². The zero-order valence-corrected chi connectivity index (χ0v) is 20.2. The summed E-state index contributed by atoms with van der Waals surface area (Å²) in [5.41, 5.74) is 1.08. The first kappa shape index (κ1) is 22.1. The molecule has 1 amide bonds. The van der Waals surface area contributed by atoms with Gasteiger partial charge < -0.3 is 28.4 Å². The first-order valence-electron chi connectivity index (χ1n) is 11.8. The number of ether oxygens (including phenoxy) is 4. The molecule has 2 unspecified atom stereocenters. The average Bonchev–Trinajstić information content (AvgIpc) is 3.54. The Labute approximate surface area is 207 Å². The van der Waals surface area contributed by atoms with Gasteiger partial charge in [-0.2, -0.15) is 0 Å². The van der Waals surface area contributed by atoms with Gasteiger partial charge in [-0.3, -0.25) is 4.79 Å². The summed E-state index contributed by atoms with van der Waals surface area (Å²) >= 11 is 1.39. The summed E-state index contributed by atoms with van der Waals surface area (Å²) < 4.78 is 25.1. The molecule has 0 bridgehead atoms. The molecule has 3 aliphatic heterocycles. The Bertz CT molecular complexity index is 1250. The van der Waals surface area contributed by atoms with Gasteiger partial charge in [0.1, 0.15) is 19.8 Å². The highest BCUT2D eigenvalue weighted by atomic mass is 32.2. The average molecular weight is 495 g/mol. The molecule has 2 atom stereocenters. The maximum atomic E-state index is 13.2. The Balaban J connectivity index is 1.11. The number of amides is 1. The Kier molecular flexibility index (Phi) is 5.89. The van der Waals surface area contributed by atoms with Crippen molar-refractivity contribution in [3.63, 3.8) is 0 Å². The first-order valence-corrected chi connectivity index (χ1v) is 12.8. The van der Waals surface area contributed by atoms with Crippen molar-refractivity contribution in [2.24, 2.45) is 7.05 Å². The van der Waals surface area contributed by atoms with Crippen molar-refractivity contribution in [1.29, 1.82) is 0 Å². The predicted molar refractivity (Wildman–Crippen MR) is 128 cm³/mol. The van der Waals surface area contributed by atoms with Gasteiger partial charge in [-0.15, -0.1) is 10.2 Å². The number of aromatic nitrogens is 3. The van der Waals surface area contributed by atoms with Gasteiger partial charge in [-0.1, -0.05) is 30.0 Å². The third-order valence-corrected chi connectivity index (χ3v) is 7.52. The molecule has 0 spiro atoms. The van der Waals surface area contributed by atoms with Gasteiger partial charge in [0, 0.05) is 13.6 Å². The van der Waals surface area contributed by atoms with Crippen molar-refractivity contribution in [1.82, 2.24) is 19.7 Å². The highest BCUT2D eigenvalue weighted by molar-refractivity contribution is 7.99. The molecule has 0 aliphatic carbocycles. The van der Waals surface area contributed by atoms with Crippen LogP contribution in [0.15, 0.2) is 47.6 Å². The molecule has 182 valence electrons. The SMILES string of the molecule is Cn1c(SCC(=O)N2CCCC2c2ccc3c(c2)OCCO3)nnc1C1COc2ccccc2O1. The second-order valence-corrected chi connectivity index (χ2v) is 9.64. The van der Waals surface area contributed by atoms with Crippen LogP contribution in [0.4, 0.5) is 0 Å². The third kappa shape index (κ3) is 4.27. The number of para-hydroxylation sites is 2. The van der Waals surface area contributed by atoms with E-state index in [1.165, 1.54) is 11.8 Å². The molecule has 3 aliphatic rings. The maximum absolute atomic E-state index is 13.2. The molecule has 0 radical (unpaired) electrons. The van der Waals surface area contributed by atoms with Gasteiger partial charge in [-0.25, -0.2) is 0 Å². The number of thioether (sulfide) groups is 1. The van der Waals surface area contributed by atoms with Crippen molar-refractivity contribution in [3.05, 3.63) is 53.9 Å². The summed E-state index contributed by atoms with van der Waals surface area (Å²) in [6.07, 6.45) is 1.56. The van der Waals surface area contributed by atoms with Crippen molar-refractivity contribution < 1.29 is 23.7 Å². The predicted octanol–water partition coefficient (Wildman–Crippen LogP) is 3.55. The third-order valence-electron chi connectivity index (χ3n) is 6.51. The molecule has 3 aromatic rings. The molecule has 9 nitrogen and oxygen atoms in total. The van der Waals surface area contributed by atoms with E-state index in [1.54, 1.807) is 0 Å². The Hall–Kier alpha value is -3.40. The van der Waals surface area contributed by atoms with E-state index in [1.807, 2.05) is 59.0 Å². The number of benzene rings is 2. The summed E-state index contributed by atoms with van der Waals surface area (Å²) in [6.45, 7) is 2.21. The second-order valence-electron chi connectivity index (χ2n) is 8.70. The minimum atomic E-state index is -0.356. The van der Waals surface area contributed by atoms with Crippen molar-refractivity contribution in [3.8, 4) is 23.0 Å². The van der Waals surface area contributed by atoms with Crippen LogP contribution in [0, 0.1) is 0 Å². The van der Waals surface area contributed by atoms with Crippen LogP contribution in [0.25, 0.3) is 0 Å². The molecule has 4 heterocycles. The molecule has 0 saturated carbocycles. The normalized spacial score (nSPS) is 20.7. The fourth-order valence-corrected chi connectivity index (χ4v) is 5.57. The number of carbonyl (C=O) groups is 1. The van der Waals surface area contributed by atoms with Crippen molar-refractivity contribution >= 4 is 17.7 Å². The monoisotopic (exact) mass is 494 g/mol. The van der Waals surface area contributed by atoms with Gasteiger partial charge in [-0.05, 0) is 42.7 Å². The molecular weight excluding hydrogens is 468 g/mol. The number of nitrogens with zero attached hydrogens (tertiary/aromatic N) is 4. The van der Waals surface area contributed by atoms with Crippen LogP contribution in [0.1, 0.15) is 36.4 Å². The Morgan fingerprint density at radius 3 is 2.71 bits per heavy atom. The number of likely N-dealkylation sites (tertiary alicyclic amines) is 1. The Morgan fingerprint density at radius 1 is 1.03 bits per heavy atom. The summed E-state index contributed by atoms with van der Waals surface area (Å²) in [7, 11) is 1.89. The summed E-state index contributed by atoms with van der Waals surface area (Å²) in [4.78, 5) is 15.2. The van der Waals surface area contributed by atoms with E-state index >= 15 is 0 Å². The van der Waals surface area contributed by atoms with Gasteiger partial charge in [0.15, 0.2) is 40.1 Å². The lowest BCUT2D eigenvalue weighted by molar-refractivity contribution is -0.129. The summed E-state index contributed by atoms with van der Waals surface area (Å²) in [5, 5.41) is 9.31. The molecule has 6 rings (SSSR count). The van der Waals surface area contributed by atoms with E-state index in [0.29, 0.717) is 36.6 Å². The van der Waals surface area contributed by atoms with Crippen LogP contribution in [0.5, 0.6) is 23.0 Å². The minimum absolute atomic E-state index is 0.0434. The number of rotatable bonds is 5. The molecule has 0 N–H and O–H groups in total. The first-order chi connectivity index (χ1) is 17.2.